The topological polar surface area (TPSA) is 71.5 Å². The number of thiazole rings is 1. The SMILES string of the molecule is COc1cccc(CCNC(=O)c2nc3c(s2)CCCN3C(=O)c2ccccc2)c1. The maximum absolute atomic E-state index is 12.9. The van der Waals surface area contributed by atoms with Crippen LogP contribution in [0.15, 0.2) is 54.6 Å². The molecule has 0 saturated heterocycles. The minimum atomic E-state index is -0.204. The van der Waals surface area contributed by atoms with E-state index in [4.69, 9.17) is 4.74 Å². The number of nitrogens with one attached hydrogen (secondary N) is 1. The summed E-state index contributed by atoms with van der Waals surface area (Å²) in [4.78, 5) is 32.7. The molecule has 0 unspecified atom stereocenters. The molecule has 154 valence electrons. The molecule has 0 spiro atoms. The first-order valence-corrected chi connectivity index (χ1v) is 10.7. The molecule has 7 heteroatoms. The van der Waals surface area contributed by atoms with Gasteiger partial charge in [0.05, 0.1) is 7.11 Å². The van der Waals surface area contributed by atoms with Gasteiger partial charge in [-0.1, -0.05) is 30.3 Å². The lowest BCUT2D eigenvalue weighted by atomic mass is 10.1. The van der Waals surface area contributed by atoms with Crippen molar-refractivity contribution in [3.05, 3.63) is 75.6 Å². The highest BCUT2D eigenvalue weighted by atomic mass is 32.1. The Hall–Kier alpha value is -3.19. The third-order valence-electron chi connectivity index (χ3n) is 5.01. The number of carbonyl (C=O) groups is 2. The molecule has 2 amide bonds. The number of hydrogen-bond donors (Lipinski definition) is 1. The van der Waals surface area contributed by atoms with E-state index in [1.54, 1.807) is 24.1 Å². The quantitative estimate of drug-likeness (QED) is 0.659. The molecule has 1 N–H and O–H groups in total. The van der Waals surface area contributed by atoms with Crippen molar-refractivity contribution in [2.24, 2.45) is 0 Å². The van der Waals surface area contributed by atoms with Crippen LogP contribution in [0.3, 0.4) is 0 Å². The Morgan fingerprint density at radius 1 is 1.17 bits per heavy atom. The number of benzene rings is 2. The van der Waals surface area contributed by atoms with Crippen molar-refractivity contribution < 1.29 is 14.3 Å². The zero-order chi connectivity index (χ0) is 20.9. The van der Waals surface area contributed by atoms with E-state index >= 15 is 0 Å². The Morgan fingerprint density at radius 2 is 2.00 bits per heavy atom. The maximum Gasteiger partial charge on any atom is 0.280 e. The third-order valence-corrected chi connectivity index (χ3v) is 6.11. The van der Waals surface area contributed by atoms with Gasteiger partial charge in [-0.3, -0.25) is 14.5 Å². The summed E-state index contributed by atoms with van der Waals surface area (Å²) in [5.74, 6) is 1.14. The zero-order valence-electron chi connectivity index (χ0n) is 16.8. The van der Waals surface area contributed by atoms with Crippen LogP contribution in [0.1, 0.15) is 37.0 Å². The number of amides is 2. The van der Waals surface area contributed by atoms with Crippen molar-refractivity contribution in [2.45, 2.75) is 19.3 Å². The fraction of sp³-hybridized carbons (Fsp3) is 0.261. The van der Waals surface area contributed by atoms with Crippen molar-refractivity contribution in [1.29, 1.82) is 0 Å². The van der Waals surface area contributed by atoms with Gasteiger partial charge in [0.25, 0.3) is 11.8 Å². The number of aryl methyl sites for hydroxylation is 1. The van der Waals surface area contributed by atoms with E-state index < -0.39 is 0 Å². The first-order valence-electron chi connectivity index (χ1n) is 9.93. The fourth-order valence-electron chi connectivity index (χ4n) is 3.48. The van der Waals surface area contributed by atoms with E-state index in [0.717, 1.165) is 29.0 Å². The lowest BCUT2D eigenvalue weighted by Crippen LogP contribution is -2.35. The van der Waals surface area contributed by atoms with Crippen molar-refractivity contribution in [1.82, 2.24) is 10.3 Å². The molecule has 3 aromatic rings. The normalized spacial score (nSPS) is 12.9. The fourth-order valence-corrected chi connectivity index (χ4v) is 4.50. The van der Waals surface area contributed by atoms with Gasteiger partial charge in [0, 0.05) is 23.5 Å². The smallest absolute Gasteiger partial charge is 0.280 e. The van der Waals surface area contributed by atoms with Gasteiger partial charge in [-0.2, -0.15) is 0 Å². The molecule has 0 saturated carbocycles. The van der Waals surface area contributed by atoms with E-state index in [-0.39, 0.29) is 11.8 Å². The predicted molar refractivity (Wildman–Crippen MR) is 118 cm³/mol. The minimum absolute atomic E-state index is 0.0770. The van der Waals surface area contributed by atoms with Crippen molar-refractivity contribution in [2.75, 3.05) is 25.1 Å². The van der Waals surface area contributed by atoms with Crippen molar-refractivity contribution in [3.63, 3.8) is 0 Å². The monoisotopic (exact) mass is 421 g/mol. The summed E-state index contributed by atoms with van der Waals surface area (Å²) in [5.41, 5.74) is 1.72. The number of rotatable bonds is 6. The van der Waals surface area contributed by atoms with Crippen LogP contribution >= 0.6 is 11.3 Å². The summed E-state index contributed by atoms with van der Waals surface area (Å²) < 4.78 is 5.23. The maximum atomic E-state index is 12.9. The van der Waals surface area contributed by atoms with Crippen LogP contribution < -0.4 is 15.0 Å². The molecule has 0 bridgehead atoms. The van der Waals surface area contributed by atoms with Gasteiger partial charge in [-0.05, 0) is 49.1 Å². The first-order chi connectivity index (χ1) is 14.7. The molecule has 2 aromatic carbocycles. The second-order valence-corrected chi connectivity index (χ2v) is 8.13. The Bertz CT molecular complexity index is 1050. The molecule has 1 aliphatic rings. The summed E-state index contributed by atoms with van der Waals surface area (Å²) in [6, 6.07) is 17.0. The van der Waals surface area contributed by atoms with Crippen molar-refractivity contribution >= 4 is 29.0 Å². The molecular formula is C23H23N3O3S. The molecule has 4 rings (SSSR count). The van der Waals surface area contributed by atoms with Gasteiger partial charge in [0.15, 0.2) is 10.8 Å². The zero-order valence-corrected chi connectivity index (χ0v) is 17.6. The molecule has 0 fully saturated rings. The second kappa shape index (κ2) is 9.09. The van der Waals surface area contributed by atoms with Crippen LogP contribution in [0, 0.1) is 0 Å². The molecule has 30 heavy (non-hydrogen) atoms. The summed E-state index contributed by atoms with van der Waals surface area (Å²) in [7, 11) is 1.64. The number of ether oxygens (including phenoxy) is 1. The Kier molecular flexibility index (Phi) is 6.09. The van der Waals surface area contributed by atoms with Crippen LogP contribution in [-0.2, 0) is 12.8 Å². The van der Waals surface area contributed by atoms with Gasteiger partial charge in [-0.15, -0.1) is 11.3 Å². The van der Waals surface area contributed by atoms with E-state index in [1.807, 2.05) is 42.5 Å². The summed E-state index contributed by atoms with van der Waals surface area (Å²) in [6.45, 7) is 1.12. The summed E-state index contributed by atoms with van der Waals surface area (Å²) in [6.07, 6.45) is 2.40. The number of fused-ring (bicyclic) bond motifs is 1. The molecule has 2 heterocycles. The average molecular weight is 422 g/mol. The molecule has 1 aromatic heterocycles. The van der Waals surface area contributed by atoms with Gasteiger partial charge < -0.3 is 10.1 Å². The van der Waals surface area contributed by atoms with Crippen LogP contribution in [0.2, 0.25) is 0 Å². The van der Waals surface area contributed by atoms with Gasteiger partial charge in [0.2, 0.25) is 0 Å². The highest BCUT2D eigenvalue weighted by Gasteiger charge is 2.28. The van der Waals surface area contributed by atoms with Crippen LogP contribution in [0.4, 0.5) is 5.82 Å². The predicted octanol–water partition coefficient (Wildman–Crippen LogP) is 3.72. The largest absolute Gasteiger partial charge is 0.497 e. The summed E-state index contributed by atoms with van der Waals surface area (Å²) in [5, 5.41) is 3.34. The van der Waals surface area contributed by atoms with E-state index in [1.165, 1.54) is 11.3 Å². The molecular weight excluding hydrogens is 398 g/mol. The van der Waals surface area contributed by atoms with Crippen molar-refractivity contribution in [3.8, 4) is 5.75 Å². The van der Waals surface area contributed by atoms with Gasteiger partial charge in [-0.25, -0.2) is 4.98 Å². The molecule has 1 aliphatic heterocycles. The molecule has 6 nitrogen and oxygen atoms in total. The standard InChI is InChI=1S/C23H23N3O3S/c1-29-18-10-5-7-16(15-18)12-13-24-21(27)22-25-20-19(30-22)11-6-14-26(20)23(28)17-8-3-2-4-9-17/h2-5,7-10,15H,6,11-14H2,1H3,(H,24,27). The summed E-state index contributed by atoms with van der Waals surface area (Å²) >= 11 is 1.38. The molecule has 0 radical (unpaired) electrons. The number of nitrogens with zero attached hydrogens (tertiary/aromatic N) is 2. The highest BCUT2D eigenvalue weighted by Crippen LogP contribution is 2.32. The number of methoxy groups -OCH3 is 1. The second-order valence-electron chi connectivity index (χ2n) is 7.05. The van der Waals surface area contributed by atoms with Crippen LogP contribution in [-0.4, -0.2) is 37.0 Å². The third kappa shape index (κ3) is 4.36. The molecule has 0 atom stereocenters. The van der Waals surface area contributed by atoms with Gasteiger partial charge >= 0.3 is 0 Å². The first kappa shape index (κ1) is 20.1. The lowest BCUT2D eigenvalue weighted by molar-refractivity contribution is 0.0949. The molecule has 0 aliphatic carbocycles. The lowest BCUT2D eigenvalue weighted by Gasteiger charge is -2.25. The average Bonchev–Trinajstić information content (AvgIpc) is 3.24. The Morgan fingerprint density at radius 3 is 2.80 bits per heavy atom. The number of hydrogen-bond acceptors (Lipinski definition) is 5. The van der Waals surface area contributed by atoms with Crippen LogP contribution in [0.25, 0.3) is 0 Å². The van der Waals surface area contributed by atoms with E-state index in [2.05, 4.69) is 10.3 Å². The van der Waals surface area contributed by atoms with E-state index in [0.29, 0.717) is 35.9 Å². The Labute approximate surface area is 179 Å². The van der Waals surface area contributed by atoms with E-state index in [9.17, 15) is 9.59 Å². The van der Waals surface area contributed by atoms with Crippen LogP contribution in [0.5, 0.6) is 5.75 Å². The number of aromatic nitrogens is 1. The number of carbonyl (C=O) groups excluding carboxylic acids is 2. The number of anilines is 1. The van der Waals surface area contributed by atoms with Gasteiger partial charge in [0.1, 0.15) is 5.75 Å². The highest BCUT2D eigenvalue weighted by molar-refractivity contribution is 7.14. The minimum Gasteiger partial charge on any atom is -0.497 e. The Balaban J connectivity index is 1.42.